The first-order valence-electron chi connectivity index (χ1n) is 5.68. The van der Waals surface area contributed by atoms with Crippen LogP contribution in [-0.2, 0) is 11.4 Å². The van der Waals surface area contributed by atoms with Crippen LogP contribution in [0.2, 0.25) is 0 Å². The summed E-state index contributed by atoms with van der Waals surface area (Å²) in [5.74, 6) is -0.225. The average molecular weight is 275 g/mol. The van der Waals surface area contributed by atoms with Crippen LogP contribution in [0.5, 0.6) is 5.75 Å². The van der Waals surface area contributed by atoms with Crippen molar-refractivity contribution in [3.63, 3.8) is 0 Å². The second-order valence-corrected chi connectivity index (χ2v) is 4.95. The van der Waals surface area contributed by atoms with Crippen LogP contribution >= 0.6 is 11.3 Å². The number of nitrogens with zero attached hydrogens (tertiary/aromatic N) is 1. The molecular formula is C14H13NO3S. The van der Waals surface area contributed by atoms with Gasteiger partial charge in [-0.25, -0.2) is 9.78 Å². The van der Waals surface area contributed by atoms with E-state index in [4.69, 9.17) is 9.84 Å². The van der Waals surface area contributed by atoms with Gasteiger partial charge in [-0.2, -0.15) is 0 Å². The fourth-order valence-electron chi connectivity index (χ4n) is 1.47. The average Bonchev–Trinajstić information content (AvgIpc) is 2.81. The van der Waals surface area contributed by atoms with Crippen LogP contribution < -0.4 is 4.74 Å². The molecule has 0 aliphatic carbocycles. The van der Waals surface area contributed by atoms with Gasteiger partial charge in [0.15, 0.2) is 0 Å². The Morgan fingerprint density at radius 3 is 2.74 bits per heavy atom. The number of rotatable bonds is 5. The molecule has 0 saturated heterocycles. The zero-order valence-corrected chi connectivity index (χ0v) is 11.2. The maximum atomic E-state index is 10.4. The first kappa shape index (κ1) is 13.3. The standard InChI is InChI=1S/C14H13NO3S/c1-10-15-12(9-19-10)8-18-13-5-2-11(3-6-13)4-7-14(16)17/h2-7,9H,8H2,1H3,(H,16,17)/b7-4+. The van der Waals surface area contributed by atoms with Crippen molar-refractivity contribution in [1.82, 2.24) is 4.98 Å². The molecule has 2 aromatic rings. The van der Waals surface area contributed by atoms with Crippen molar-refractivity contribution in [2.45, 2.75) is 13.5 Å². The number of thiazole rings is 1. The molecule has 0 spiro atoms. The van der Waals surface area contributed by atoms with E-state index in [0.717, 1.165) is 28.1 Å². The summed E-state index contributed by atoms with van der Waals surface area (Å²) in [6.07, 6.45) is 2.64. The zero-order valence-electron chi connectivity index (χ0n) is 10.4. The highest BCUT2D eigenvalue weighted by molar-refractivity contribution is 7.09. The van der Waals surface area contributed by atoms with Crippen LogP contribution in [0.3, 0.4) is 0 Å². The van der Waals surface area contributed by atoms with Crippen LogP contribution in [0.4, 0.5) is 0 Å². The van der Waals surface area contributed by atoms with Gasteiger partial charge >= 0.3 is 5.97 Å². The van der Waals surface area contributed by atoms with Crippen molar-refractivity contribution >= 4 is 23.4 Å². The van der Waals surface area contributed by atoms with Crippen molar-refractivity contribution in [3.8, 4) is 5.75 Å². The molecule has 0 atom stereocenters. The second-order valence-electron chi connectivity index (χ2n) is 3.89. The third-order valence-electron chi connectivity index (χ3n) is 2.35. The third kappa shape index (κ3) is 4.22. The third-order valence-corrected chi connectivity index (χ3v) is 3.17. The van der Waals surface area contributed by atoms with E-state index in [9.17, 15) is 4.79 Å². The summed E-state index contributed by atoms with van der Waals surface area (Å²) in [4.78, 5) is 14.7. The number of benzene rings is 1. The Morgan fingerprint density at radius 2 is 2.16 bits per heavy atom. The van der Waals surface area contributed by atoms with Gasteiger partial charge in [-0.3, -0.25) is 0 Å². The molecule has 0 unspecified atom stereocenters. The molecular weight excluding hydrogens is 262 g/mol. The number of carboxylic acid groups (broad SMARTS) is 1. The molecule has 0 amide bonds. The maximum absolute atomic E-state index is 10.4. The molecule has 98 valence electrons. The van der Waals surface area contributed by atoms with Gasteiger partial charge in [0.25, 0.3) is 0 Å². The first-order valence-corrected chi connectivity index (χ1v) is 6.56. The molecule has 19 heavy (non-hydrogen) atoms. The number of carbonyl (C=O) groups is 1. The van der Waals surface area contributed by atoms with E-state index in [2.05, 4.69) is 4.98 Å². The van der Waals surface area contributed by atoms with Crippen molar-refractivity contribution in [3.05, 3.63) is 52.0 Å². The van der Waals surface area contributed by atoms with E-state index in [1.54, 1.807) is 35.6 Å². The smallest absolute Gasteiger partial charge is 0.328 e. The SMILES string of the molecule is Cc1nc(COc2ccc(/C=C/C(=O)O)cc2)cs1. The van der Waals surface area contributed by atoms with E-state index in [-0.39, 0.29) is 0 Å². The van der Waals surface area contributed by atoms with Crippen LogP contribution in [0.1, 0.15) is 16.3 Å². The van der Waals surface area contributed by atoms with Gasteiger partial charge in [0, 0.05) is 11.5 Å². The minimum atomic E-state index is -0.959. The summed E-state index contributed by atoms with van der Waals surface area (Å²) in [5, 5.41) is 11.5. The molecule has 1 N–H and O–H groups in total. The molecule has 0 saturated carbocycles. The number of aromatic nitrogens is 1. The second kappa shape index (κ2) is 6.15. The summed E-state index contributed by atoms with van der Waals surface area (Å²) in [6.45, 7) is 2.40. The van der Waals surface area contributed by atoms with Gasteiger partial charge in [-0.15, -0.1) is 11.3 Å². The van der Waals surface area contributed by atoms with E-state index < -0.39 is 5.97 Å². The monoisotopic (exact) mass is 275 g/mol. The lowest BCUT2D eigenvalue weighted by Crippen LogP contribution is -1.95. The van der Waals surface area contributed by atoms with Gasteiger partial charge in [0.2, 0.25) is 0 Å². The number of aryl methyl sites for hydroxylation is 1. The Labute approximate surface area is 115 Å². The van der Waals surface area contributed by atoms with E-state index >= 15 is 0 Å². The van der Waals surface area contributed by atoms with Crippen LogP contribution in [0, 0.1) is 6.92 Å². The topological polar surface area (TPSA) is 59.4 Å². The molecule has 1 aromatic carbocycles. The molecule has 2 rings (SSSR count). The Kier molecular flexibility index (Phi) is 4.30. The van der Waals surface area contributed by atoms with Gasteiger partial charge in [-0.05, 0) is 30.7 Å². The fraction of sp³-hybridized carbons (Fsp3) is 0.143. The number of carboxylic acids is 1. The molecule has 0 aliphatic heterocycles. The minimum Gasteiger partial charge on any atom is -0.487 e. The summed E-state index contributed by atoms with van der Waals surface area (Å²) >= 11 is 1.60. The van der Waals surface area contributed by atoms with E-state index in [0.29, 0.717) is 6.61 Å². The summed E-state index contributed by atoms with van der Waals surface area (Å²) in [7, 11) is 0. The van der Waals surface area contributed by atoms with Crippen molar-refractivity contribution in [2.75, 3.05) is 0 Å². The molecule has 0 radical (unpaired) electrons. The molecule has 4 nitrogen and oxygen atoms in total. The Hall–Kier alpha value is -2.14. The van der Waals surface area contributed by atoms with Crippen molar-refractivity contribution in [1.29, 1.82) is 0 Å². The minimum absolute atomic E-state index is 0.439. The summed E-state index contributed by atoms with van der Waals surface area (Å²) in [6, 6.07) is 7.23. The zero-order chi connectivity index (χ0) is 13.7. The van der Waals surface area contributed by atoms with Gasteiger partial charge in [0.05, 0.1) is 10.7 Å². The van der Waals surface area contributed by atoms with Crippen LogP contribution in [0.25, 0.3) is 6.08 Å². The molecule has 0 fully saturated rings. The predicted octanol–water partition coefficient (Wildman–Crippen LogP) is 3.13. The number of hydrogen-bond acceptors (Lipinski definition) is 4. The molecule has 5 heteroatoms. The fourth-order valence-corrected chi connectivity index (χ4v) is 2.07. The van der Waals surface area contributed by atoms with Crippen LogP contribution in [0.15, 0.2) is 35.7 Å². The van der Waals surface area contributed by atoms with Gasteiger partial charge in [-0.1, -0.05) is 12.1 Å². The predicted molar refractivity (Wildman–Crippen MR) is 74.3 cm³/mol. The quantitative estimate of drug-likeness (QED) is 0.852. The highest BCUT2D eigenvalue weighted by Crippen LogP contribution is 2.16. The Balaban J connectivity index is 1.93. The Morgan fingerprint density at radius 1 is 1.42 bits per heavy atom. The van der Waals surface area contributed by atoms with Crippen molar-refractivity contribution in [2.24, 2.45) is 0 Å². The molecule has 0 aliphatic rings. The number of hydrogen-bond donors (Lipinski definition) is 1. The highest BCUT2D eigenvalue weighted by Gasteiger charge is 2.00. The largest absolute Gasteiger partial charge is 0.487 e. The van der Waals surface area contributed by atoms with E-state index in [1.807, 2.05) is 12.3 Å². The van der Waals surface area contributed by atoms with Crippen LogP contribution in [-0.4, -0.2) is 16.1 Å². The maximum Gasteiger partial charge on any atom is 0.328 e. The van der Waals surface area contributed by atoms with E-state index in [1.165, 1.54) is 6.08 Å². The Bertz CT molecular complexity index is 587. The lowest BCUT2D eigenvalue weighted by Gasteiger charge is -2.04. The molecule has 1 aromatic heterocycles. The first-order chi connectivity index (χ1) is 9.13. The number of ether oxygens (including phenoxy) is 1. The van der Waals surface area contributed by atoms with Gasteiger partial charge in [0.1, 0.15) is 12.4 Å². The normalized spacial score (nSPS) is 10.8. The molecule has 1 heterocycles. The highest BCUT2D eigenvalue weighted by atomic mass is 32.1. The summed E-state index contributed by atoms with van der Waals surface area (Å²) < 4.78 is 5.59. The lowest BCUT2D eigenvalue weighted by molar-refractivity contribution is -0.131. The number of aliphatic carboxylic acids is 1. The van der Waals surface area contributed by atoms with Gasteiger partial charge < -0.3 is 9.84 Å². The summed E-state index contributed by atoms with van der Waals surface area (Å²) in [5.41, 5.74) is 1.73. The lowest BCUT2D eigenvalue weighted by atomic mass is 10.2. The molecule has 0 bridgehead atoms. The van der Waals surface area contributed by atoms with Crippen molar-refractivity contribution < 1.29 is 14.6 Å².